The maximum atomic E-state index is 2.43. The standard InChI is InChI=1S/C28H60N.FH/c1-5-9-11-13-15-17-19-21-23-25-27-29(7-3,8-4)28-26-24-22-20-18-16-14-12-10-6-2;/h5-28H2,1-4H3;1H/q+1;/p-1. The summed E-state index contributed by atoms with van der Waals surface area (Å²) in [7, 11) is 0. The van der Waals surface area contributed by atoms with Gasteiger partial charge in [-0.3, -0.25) is 0 Å². The molecule has 0 spiro atoms. The van der Waals surface area contributed by atoms with Crippen LogP contribution in [0.4, 0.5) is 0 Å². The second kappa shape index (κ2) is 25.2. The van der Waals surface area contributed by atoms with Gasteiger partial charge in [0, 0.05) is 0 Å². The summed E-state index contributed by atoms with van der Waals surface area (Å²) >= 11 is 0. The molecule has 0 aliphatic heterocycles. The van der Waals surface area contributed by atoms with E-state index in [9.17, 15) is 0 Å². The Morgan fingerprint density at radius 3 is 0.800 bits per heavy atom. The Morgan fingerprint density at radius 1 is 0.333 bits per heavy atom. The zero-order valence-electron chi connectivity index (χ0n) is 21.8. The Bertz CT molecular complexity index is 275. The minimum atomic E-state index is 0. The SMILES string of the molecule is CCCCCCCCCCCC[N+](CC)(CC)CCCCCCCCCCCC.[F-]. The van der Waals surface area contributed by atoms with Gasteiger partial charge in [-0.15, -0.1) is 0 Å². The maximum absolute atomic E-state index is 2.43. The molecule has 1 nitrogen and oxygen atoms in total. The van der Waals surface area contributed by atoms with Gasteiger partial charge in [0.15, 0.2) is 0 Å². The van der Waals surface area contributed by atoms with Crippen molar-refractivity contribution in [1.82, 2.24) is 0 Å². The predicted molar refractivity (Wildman–Crippen MR) is 135 cm³/mol. The fourth-order valence-corrected chi connectivity index (χ4v) is 4.84. The summed E-state index contributed by atoms with van der Waals surface area (Å²) < 4.78 is 1.38. The monoisotopic (exact) mass is 429 g/mol. The molecule has 0 saturated heterocycles. The average Bonchev–Trinajstić information content (AvgIpc) is 2.75. The highest BCUT2D eigenvalue weighted by atomic mass is 19.0. The van der Waals surface area contributed by atoms with Crippen LogP contribution in [0.3, 0.4) is 0 Å². The zero-order chi connectivity index (χ0) is 21.5. The van der Waals surface area contributed by atoms with Gasteiger partial charge >= 0.3 is 0 Å². The van der Waals surface area contributed by atoms with Crippen LogP contribution >= 0.6 is 0 Å². The molecule has 0 aliphatic rings. The minimum Gasteiger partial charge on any atom is -1.00 e. The molecule has 184 valence electrons. The summed E-state index contributed by atoms with van der Waals surface area (Å²) in [5.41, 5.74) is 0. The van der Waals surface area contributed by atoms with Crippen LogP contribution in [0, 0.1) is 0 Å². The number of halogens is 1. The molecule has 0 aromatic carbocycles. The van der Waals surface area contributed by atoms with Crippen LogP contribution in [0.5, 0.6) is 0 Å². The Kier molecular flexibility index (Phi) is 26.9. The molecule has 0 saturated carbocycles. The van der Waals surface area contributed by atoms with Crippen LogP contribution in [-0.4, -0.2) is 30.7 Å². The van der Waals surface area contributed by atoms with Gasteiger partial charge in [-0.1, -0.05) is 117 Å². The molecule has 0 heterocycles. The van der Waals surface area contributed by atoms with Crippen molar-refractivity contribution in [3.63, 3.8) is 0 Å². The number of hydrogen-bond donors (Lipinski definition) is 0. The van der Waals surface area contributed by atoms with Crippen molar-refractivity contribution in [1.29, 1.82) is 0 Å². The van der Waals surface area contributed by atoms with Gasteiger partial charge in [0.2, 0.25) is 0 Å². The molecular weight excluding hydrogens is 369 g/mol. The minimum absolute atomic E-state index is 0. The van der Waals surface area contributed by atoms with Gasteiger partial charge in [0.1, 0.15) is 0 Å². The third kappa shape index (κ3) is 19.8. The fraction of sp³-hybridized carbons (Fsp3) is 1.00. The number of quaternary nitrogens is 1. The smallest absolute Gasteiger partial charge is 0.0786 e. The van der Waals surface area contributed by atoms with E-state index in [0.717, 1.165) is 0 Å². The first kappa shape index (κ1) is 32.1. The van der Waals surface area contributed by atoms with E-state index < -0.39 is 0 Å². The van der Waals surface area contributed by atoms with E-state index in [2.05, 4.69) is 27.7 Å². The molecule has 0 fully saturated rings. The van der Waals surface area contributed by atoms with Gasteiger partial charge in [-0.2, -0.15) is 0 Å². The lowest BCUT2D eigenvalue weighted by atomic mass is 10.1. The number of nitrogens with zero attached hydrogens (tertiary/aromatic N) is 1. The van der Waals surface area contributed by atoms with E-state index in [0.29, 0.717) is 0 Å². The predicted octanol–water partition coefficient (Wildman–Crippen LogP) is 6.69. The van der Waals surface area contributed by atoms with Crippen molar-refractivity contribution in [3.8, 4) is 0 Å². The van der Waals surface area contributed by atoms with Crippen molar-refractivity contribution in [3.05, 3.63) is 0 Å². The second-order valence-electron chi connectivity index (χ2n) is 9.79. The largest absolute Gasteiger partial charge is 1.00 e. The van der Waals surface area contributed by atoms with Crippen molar-refractivity contribution >= 4 is 0 Å². The summed E-state index contributed by atoms with van der Waals surface area (Å²) in [5, 5.41) is 0. The van der Waals surface area contributed by atoms with E-state index >= 15 is 0 Å². The molecule has 0 radical (unpaired) electrons. The molecule has 0 N–H and O–H groups in total. The maximum Gasteiger partial charge on any atom is 0.0786 e. The van der Waals surface area contributed by atoms with Crippen LogP contribution in [0.25, 0.3) is 0 Å². The molecule has 0 amide bonds. The van der Waals surface area contributed by atoms with Crippen molar-refractivity contribution in [2.24, 2.45) is 0 Å². The number of hydrogen-bond acceptors (Lipinski definition) is 0. The number of unbranched alkanes of at least 4 members (excludes halogenated alkanes) is 18. The average molecular weight is 430 g/mol. The van der Waals surface area contributed by atoms with Crippen LogP contribution in [0.15, 0.2) is 0 Å². The lowest BCUT2D eigenvalue weighted by Crippen LogP contribution is -3.00. The Labute approximate surface area is 191 Å². The van der Waals surface area contributed by atoms with Gasteiger partial charge in [-0.25, -0.2) is 0 Å². The summed E-state index contributed by atoms with van der Waals surface area (Å²) in [6.45, 7) is 15.0. The highest BCUT2D eigenvalue weighted by molar-refractivity contribution is 4.51. The molecule has 0 bridgehead atoms. The van der Waals surface area contributed by atoms with Crippen LogP contribution < -0.4 is 4.70 Å². The molecule has 0 unspecified atom stereocenters. The lowest BCUT2D eigenvalue weighted by Gasteiger charge is -2.37. The van der Waals surface area contributed by atoms with Crippen LogP contribution in [0.2, 0.25) is 0 Å². The zero-order valence-corrected chi connectivity index (χ0v) is 21.8. The first-order valence-corrected chi connectivity index (χ1v) is 14.1. The van der Waals surface area contributed by atoms with Crippen LogP contribution in [0.1, 0.15) is 156 Å². The topological polar surface area (TPSA) is 0 Å². The molecule has 0 aromatic rings. The molecule has 2 heteroatoms. The Balaban J connectivity index is 0. The summed E-state index contributed by atoms with van der Waals surface area (Å²) in [6, 6.07) is 0. The Morgan fingerprint density at radius 2 is 0.567 bits per heavy atom. The molecule has 30 heavy (non-hydrogen) atoms. The van der Waals surface area contributed by atoms with Crippen molar-refractivity contribution in [2.45, 2.75) is 156 Å². The summed E-state index contributed by atoms with van der Waals surface area (Å²) in [5.74, 6) is 0. The second-order valence-corrected chi connectivity index (χ2v) is 9.79. The van der Waals surface area contributed by atoms with E-state index in [4.69, 9.17) is 0 Å². The van der Waals surface area contributed by atoms with E-state index in [-0.39, 0.29) is 4.70 Å². The molecular formula is C28H60FN. The highest BCUT2D eigenvalue weighted by Gasteiger charge is 2.21. The van der Waals surface area contributed by atoms with E-state index in [1.165, 1.54) is 159 Å². The van der Waals surface area contributed by atoms with E-state index in [1.807, 2.05) is 0 Å². The summed E-state index contributed by atoms with van der Waals surface area (Å²) in [4.78, 5) is 0. The molecule has 0 atom stereocenters. The van der Waals surface area contributed by atoms with Gasteiger partial charge in [0.05, 0.1) is 26.2 Å². The quantitative estimate of drug-likeness (QED) is 0.118. The third-order valence-corrected chi connectivity index (χ3v) is 7.31. The molecule has 0 aliphatic carbocycles. The lowest BCUT2D eigenvalue weighted by molar-refractivity contribution is -0.925. The molecule has 0 aromatic heterocycles. The van der Waals surface area contributed by atoms with Crippen molar-refractivity contribution < 1.29 is 9.19 Å². The van der Waals surface area contributed by atoms with Gasteiger partial charge < -0.3 is 9.19 Å². The first-order chi connectivity index (χ1) is 14.2. The molecule has 0 rings (SSSR count). The third-order valence-electron chi connectivity index (χ3n) is 7.31. The Hall–Kier alpha value is -0.110. The normalized spacial score (nSPS) is 11.6. The summed E-state index contributed by atoms with van der Waals surface area (Å²) in [6.07, 6.45) is 29.1. The van der Waals surface area contributed by atoms with Crippen LogP contribution in [-0.2, 0) is 0 Å². The van der Waals surface area contributed by atoms with E-state index in [1.54, 1.807) is 0 Å². The number of rotatable bonds is 24. The highest BCUT2D eigenvalue weighted by Crippen LogP contribution is 2.16. The van der Waals surface area contributed by atoms with Gasteiger partial charge in [0.25, 0.3) is 0 Å². The van der Waals surface area contributed by atoms with Crippen molar-refractivity contribution in [2.75, 3.05) is 26.2 Å². The first-order valence-electron chi connectivity index (χ1n) is 14.1. The fourth-order valence-electron chi connectivity index (χ4n) is 4.84. The van der Waals surface area contributed by atoms with Gasteiger partial charge in [-0.05, 0) is 39.5 Å².